The van der Waals surface area contributed by atoms with E-state index < -0.39 is 0 Å². The van der Waals surface area contributed by atoms with Gasteiger partial charge in [0.15, 0.2) is 0 Å². The van der Waals surface area contributed by atoms with Crippen LogP contribution in [-0.2, 0) is 11.4 Å². The van der Waals surface area contributed by atoms with Crippen molar-refractivity contribution in [2.45, 2.75) is 34.3 Å². The number of phenols is 1. The summed E-state index contributed by atoms with van der Waals surface area (Å²) in [5.41, 5.74) is 8.34. The van der Waals surface area contributed by atoms with Crippen LogP contribution >= 0.6 is 0 Å². The van der Waals surface area contributed by atoms with Gasteiger partial charge in [0.1, 0.15) is 18.0 Å². The average Bonchev–Trinajstić information content (AvgIpc) is 3.42. The number of phenolic OH excluding ortho intramolecular Hbond substituents is 1. The van der Waals surface area contributed by atoms with Gasteiger partial charge in [-0.15, -0.1) is 5.11 Å². The van der Waals surface area contributed by atoms with Crippen LogP contribution in [0.3, 0.4) is 0 Å². The van der Waals surface area contributed by atoms with Crippen LogP contribution in [0.4, 0.5) is 22.7 Å². The van der Waals surface area contributed by atoms with Gasteiger partial charge < -0.3 is 15.4 Å². The summed E-state index contributed by atoms with van der Waals surface area (Å²) in [6.07, 6.45) is 0. The topological polar surface area (TPSA) is 94.0 Å². The van der Waals surface area contributed by atoms with Gasteiger partial charge in [-0.1, -0.05) is 76.2 Å². The van der Waals surface area contributed by atoms with E-state index in [1.807, 2.05) is 120 Å². The third-order valence-corrected chi connectivity index (χ3v) is 6.42. The summed E-state index contributed by atoms with van der Waals surface area (Å²) in [6, 6.07) is 31.5. The van der Waals surface area contributed by atoms with E-state index in [1.54, 1.807) is 0 Å². The molecule has 0 aliphatic rings. The second kappa shape index (κ2) is 14.0. The molecule has 0 bridgehead atoms. The zero-order valence-corrected chi connectivity index (χ0v) is 24.2. The number of aromatic amines is 1. The van der Waals surface area contributed by atoms with Gasteiger partial charge in [0, 0.05) is 40.0 Å². The van der Waals surface area contributed by atoms with Crippen LogP contribution in [0.5, 0.6) is 5.75 Å². The van der Waals surface area contributed by atoms with Gasteiger partial charge in [-0.25, -0.2) is 0 Å². The number of aromatic hydroxyl groups is 1. The monoisotopic (exact) mass is 547 g/mol. The Hall–Kier alpha value is -4.88. The number of hydrogen-bond donors (Lipinski definition) is 4. The molecule has 0 aliphatic heterocycles. The van der Waals surface area contributed by atoms with Crippen molar-refractivity contribution in [2.75, 3.05) is 17.8 Å². The van der Waals surface area contributed by atoms with Crippen molar-refractivity contribution in [3.63, 3.8) is 0 Å². The first-order valence-electron chi connectivity index (χ1n) is 14.0. The minimum Gasteiger partial charge on any atom is -0.505 e. The number of para-hydroxylation sites is 2. The summed E-state index contributed by atoms with van der Waals surface area (Å²) >= 11 is 0. The summed E-state index contributed by atoms with van der Waals surface area (Å²) < 4.78 is 0. The minimum absolute atomic E-state index is 0.0316. The molecule has 0 saturated carbocycles. The molecule has 210 valence electrons. The first-order chi connectivity index (χ1) is 20.2. The van der Waals surface area contributed by atoms with E-state index in [-0.39, 0.29) is 12.4 Å². The SMILES string of the molecule is CC.CC.CNc1ccc(N=Nc2c(O)c(CONc3ccccc3)cc3ccc4c5ccccc5[nH]c4c23)cc1. The molecule has 1 heterocycles. The third kappa shape index (κ3) is 6.31. The van der Waals surface area contributed by atoms with Gasteiger partial charge in [-0.3, -0.25) is 10.3 Å². The van der Waals surface area contributed by atoms with Gasteiger partial charge >= 0.3 is 0 Å². The molecular formula is C34H37N5O2. The molecule has 0 amide bonds. The predicted octanol–water partition coefficient (Wildman–Crippen LogP) is 10.2. The van der Waals surface area contributed by atoms with Crippen molar-refractivity contribution in [3.05, 3.63) is 103 Å². The Balaban J connectivity index is 0.000000929. The summed E-state index contributed by atoms with van der Waals surface area (Å²) in [5.74, 6) is 0.0316. The van der Waals surface area contributed by atoms with Crippen LogP contribution in [-0.4, -0.2) is 17.1 Å². The first-order valence-corrected chi connectivity index (χ1v) is 14.0. The zero-order valence-electron chi connectivity index (χ0n) is 24.2. The van der Waals surface area contributed by atoms with Crippen molar-refractivity contribution in [2.24, 2.45) is 10.2 Å². The first kappa shape index (κ1) is 29.1. The summed E-state index contributed by atoms with van der Waals surface area (Å²) in [5, 5.41) is 27.4. The molecule has 0 saturated heterocycles. The Bertz CT molecular complexity index is 1740. The molecule has 0 fully saturated rings. The highest BCUT2D eigenvalue weighted by molar-refractivity contribution is 6.20. The van der Waals surface area contributed by atoms with E-state index in [9.17, 15) is 5.11 Å². The lowest BCUT2D eigenvalue weighted by molar-refractivity contribution is 0.177. The number of nitrogens with zero attached hydrogens (tertiary/aromatic N) is 2. The van der Waals surface area contributed by atoms with Crippen LogP contribution in [0.1, 0.15) is 33.3 Å². The molecule has 0 aliphatic carbocycles. The van der Waals surface area contributed by atoms with E-state index in [0.29, 0.717) is 16.9 Å². The fourth-order valence-corrected chi connectivity index (χ4v) is 4.55. The van der Waals surface area contributed by atoms with Crippen molar-refractivity contribution >= 4 is 55.3 Å². The summed E-state index contributed by atoms with van der Waals surface area (Å²) in [6.45, 7) is 8.14. The lowest BCUT2D eigenvalue weighted by atomic mass is 10.0. The smallest absolute Gasteiger partial charge is 0.149 e. The molecule has 4 N–H and O–H groups in total. The highest BCUT2D eigenvalue weighted by Gasteiger charge is 2.18. The molecule has 0 atom stereocenters. The fourth-order valence-electron chi connectivity index (χ4n) is 4.55. The number of rotatable bonds is 7. The maximum atomic E-state index is 11.4. The number of H-pyrrole nitrogens is 1. The van der Waals surface area contributed by atoms with E-state index in [1.165, 1.54) is 0 Å². The van der Waals surface area contributed by atoms with Crippen LogP contribution in [0.15, 0.2) is 107 Å². The number of aromatic nitrogens is 1. The summed E-state index contributed by atoms with van der Waals surface area (Å²) in [4.78, 5) is 9.24. The molecule has 0 radical (unpaired) electrons. The molecule has 41 heavy (non-hydrogen) atoms. The standard InChI is InChI=1S/C30H25N5O2.2C2H6/c1-31-21-12-14-22(15-13-21)33-34-29-27-19(11-16-25-24-9-5-6-10-26(24)32-28(25)27)17-20(30(29)36)18-37-35-23-7-3-2-4-8-23;2*1-2/h2-17,31-32,35-36H,18H2,1H3;2*1-2H3. The van der Waals surface area contributed by atoms with E-state index in [4.69, 9.17) is 4.84 Å². The van der Waals surface area contributed by atoms with Crippen molar-refractivity contribution in [1.29, 1.82) is 0 Å². The summed E-state index contributed by atoms with van der Waals surface area (Å²) in [7, 11) is 1.87. The quantitative estimate of drug-likeness (QED) is 0.118. The molecule has 0 unspecified atom stereocenters. The number of benzene rings is 5. The number of azo groups is 1. The molecule has 5 aromatic carbocycles. The molecule has 1 aromatic heterocycles. The number of fused-ring (bicyclic) bond motifs is 5. The molecule has 7 nitrogen and oxygen atoms in total. The van der Waals surface area contributed by atoms with Gasteiger partial charge in [0.2, 0.25) is 0 Å². The predicted molar refractivity (Wildman–Crippen MR) is 173 cm³/mol. The molecule has 6 aromatic rings. The van der Waals surface area contributed by atoms with E-state index in [2.05, 4.69) is 38.1 Å². The van der Waals surface area contributed by atoms with Crippen molar-refractivity contribution in [3.8, 4) is 5.75 Å². The maximum Gasteiger partial charge on any atom is 0.149 e. The average molecular weight is 548 g/mol. The molecule has 7 heteroatoms. The lowest BCUT2D eigenvalue weighted by Crippen LogP contribution is -2.01. The largest absolute Gasteiger partial charge is 0.505 e. The Kier molecular flexibility index (Phi) is 9.91. The Morgan fingerprint density at radius 1 is 0.756 bits per heavy atom. The Morgan fingerprint density at radius 3 is 2.20 bits per heavy atom. The van der Waals surface area contributed by atoms with E-state index in [0.717, 1.165) is 44.0 Å². The third-order valence-electron chi connectivity index (χ3n) is 6.42. The number of anilines is 2. The Morgan fingerprint density at radius 2 is 1.46 bits per heavy atom. The fraction of sp³-hybridized carbons (Fsp3) is 0.176. The van der Waals surface area contributed by atoms with Crippen molar-refractivity contribution in [1.82, 2.24) is 4.98 Å². The van der Waals surface area contributed by atoms with Gasteiger partial charge in [0.05, 0.1) is 16.9 Å². The second-order valence-corrected chi connectivity index (χ2v) is 8.74. The number of nitrogens with one attached hydrogen (secondary N) is 3. The van der Waals surface area contributed by atoms with Crippen LogP contribution < -0.4 is 10.8 Å². The zero-order chi connectivity index (χ0) is 29.2. The van der Waals surface area contributed by atoms with E-state index >= 15 is 0 Å². The Labute approximate surface area is 240 Å². The normalized spacial score (nSPS) is 10.8. The molecular weight excluding hydrogens is 510 g/mol. The minimum atomic E-state index is 0.0316. The highest BCUT2D eigenvalue weighted by atomic mass is 16.6. The highest BCUT2D eigenvalue weighted by Crippen LogP contribution is 2.44. The molecule has 6 rings (SSSR count). The number of hydrogen-bond acceptors (Lipinski definition) is 6. The maximum absolute atomic E-state index is 11.4. The lowest BCUT2D eigenvalue weighted by Gasteiger charge is -2.13. The van der Waals surface area contributed by atoms with Crippen LogP contribution in [0, 0.1) is 0 Å². The van der Waals surface area contributed by atoms with Crippen molar-refractivity contribution < 1.29 is 9.94 Å². The van der Waals surface area contributed by atoms with Crippen LogP contribution in [0.25, 0.3) is 32.6 Å². The second-order valence-electron chi connectivity index (χ2n) is 8.74. The molecule has 0 spiro atoms. The van der Waals surface area contributed by atoms with Crippen LogP contribution in [0.2, 0.25) is 0 Å². The van der Waals surface area contributed by atoms with Gasteiger partial charge in [-0.2, -0.15) is 5.11 Å². The van der Waals surface area contributed by atoms with Gasteiger partial charge in [-0.05, 0) is 53.9 Å². The van der Waals surface area contributed by atoms with Gasteiger partial charge in [0.25, 0.3) is 0 Å².